The number of nitriles is 1. The first-order valence-electron chi connectivity index (χ1n) is 9.53. The van der Waals surface area contributed by atoms with Crippen molar-refractivity contribution in [1.82, 2.24) is 9.88 Å². The van der Waals surface area contributed by atoms with Gasteiger partial charge in [-0.3, -0.25) is 9.88 Å². The normalized spacial score (nSPS) is 17.6. The van der Waals surface area contributed by atoms with E-state index >= 15 is 0 Å². The van der Waals surface area contributed by atoms with E-state index in [4.69, 9.17) is 0 Å². The van der Waals surface area contributed by atoms with Crippen LogP contribution in [0.5, 0.6) is 0 Å². The summed E-state index contributed by atoms with van der Waals surface area (Å²) in [6.45, 7) is 9.99. The summed E-state index contributed by atoms with van der Waals surface area (Å²) in [6, 6.07) is 17.2. The lowest BCUT2D eigenvalue weighted by atomic mass is 9.60. The number of pyridine rings is 1. The van der Waals surface area contributed by atoms with E-state index in [1.807, 2.05) is 24.4 Å². The largest absolute Gasteiger partial charge is 0.299 e. The molecular formula is C23H29N3. The highest BCUT2D eigenvalue weighted by atomic mass is 15.1. The van der Waals surface area contributed by atoms with Crippen LogP contribution in [0.3, 0.4) is 0 Å². The summed E-state index contributed by atoms with van der Waals surface area (Å²) in [5.74, 6) is 0. The summed E-state index contributed by atoms with van der Waals surface area (Å²) in [5, 5.41) is 9.30. The summed E-state index contributed by atoms with van der Waals surface area (Å²) in [7, 11) is 0. The molecule has 0 unspecified atom stereocenters. The van der Waals surface area contributed by atoms with Crippen LogP contribution in [0.4, 0.5) is 0 Å². The Bertz CT molecular complexity index is 743. The van der Waals surface area contributed by atoms with Gasteiger partial charge in [0.15, 0.2) is 0 Å². The molecule has 26 heavy (non-hydrogen) atoms. The van der Waals surface area contributed by atoms with Gasteiger partial charge in [0.2, 0.25) is 0 Å². The van der Waals surface area contributed by atoms with Crippen LogP contribution < -0.4 is 0 Å². The summed E-state index contributed by atoms with van der Waals surface area (Å²) < 4.78 is 0. The molecule has 2 heterocycles. The molecule has 0 bridgehead atoms. The van der Waals surface area contributed by atoms with E-state index < -0.39 is 0 Å². The lowest BCUT2D eigenvalue weighted by molar-refractivity contribution is 0.00711. The van der Waals surface area contributed by atoms with Crippen molar-refractivity contribution in [3.63, 3.8) is 0 Å². The van der Waals surface area contributed by atoms with E-state index in [-0.39, 0.29) is 10.8 Å². The standard InChI is InChI=1S/C23H29N3/c1-22(2,3)23(11-14-24)12-16-26(17-13-23)18-19-7-9-20(10-8-19)21-6-4-5-15-25-21/h4-10,15H,11-13,16-18H2,1-3H3. The number of aromatic nitrogens is 1. The van der Waals surface area contributed by atoms with Gasteiger partial charge in [-0.15, -0.1) is 0 Å². The van der Waals surface area contributed by atoms with Gasteiger partial charge in [0, 0.05) is 24.7 Å². The average molecular weight is 348 g/mol. The van der Waals surface area contributed by atoms with E-state index in [2.05, 4.69) is 61.0 Å². The zero-order valence-corrected chi connectivity index (χ0v) is 16.2. The molecule has 0 amide bonds. The van der Waals surface area contributed by atoms with Crippen molar-refractivity contribution in [2.24, 2.45) is 10.8 Å². The molecule has 1 aromatic carbocycles. The highest BCUT2D eigenvalue weighted by Crippen LogP contribution is 2.49. The lowest BCUT2D eigenvalue weighted by Crippen LogP contribution is -2.46. The maximum atomic E-state index is 9.30. The third kappa shape index (κ3) is 3.97. The van der Waals surface area contributed by atoms with Gasteiger partial charge >= 0.3 is 0 Å². The number of rotatable bonds is 4. The Labute approximate surface area is 157 Å². The van der Waals surface area contributed by atoms with Crippen molar-refractivity contribution in [2.45, 2.75) is 46.6 Å². The molecule has 0 saturated carbocycles. The van der Waals surface area contributed by atoms with Crippen LogP contribution in [0.25, 0.3) is 11.3 Å². The van der Waals surface area contributed by atoms with Gasteiger partial charge in [-0.05, 0) is 54.5 Å². The molecule has 0 spiro atoms. The van der Waals surface area contributed by atoms with Crippen LogP contribution in [0.2, 0.25) is 0 Å². The minimum Gasteiger partial charge on any atom is -0.299 e. The molecule has 1 saturated heterocycles. The minimum absolute atomic E-state index is 0.154. The first-order chi connectivity index (χ1) is 12.4. The first kappa shape index (κ1) is 18.6. The van der Waals surface area contributed by atoms with Crippen LogP contribution in [0.1, 0.15) is 45.6 Å². The van der Waals surface area contributed by atoms with Gasteiger partial charge in [-0.2, -0.15) is 5.26 Å². The molecule has 136 valence electrons. The first-order valence-corrected chi connectivity index (χ1v) is 9.53. The minimum atomic E-state index is 0.154. The van der Waals surface area contributed by atoms with Crippen molar-refractivity contribution in [3.05, 3.63) is 54.2 Å². The Morgan fingerprint density at radius 1 is 1.08 bits per heavy atom. The fourth-order valence-corrected chi connectivity index (χ4v) is 4.06. The molecule has 0 atom stereocenters. The van der Waals surface area contributed by atoms with E-state index in [0.29, 0.717) is 6.42 Å². The zero-order valence-electron chi connectivity index (χ0n) is 16.2. The molecule has 1 fully saturated rings. The van der Waals surface area contributed by atoms with E-state index in [0.717, 1.165) is 43.7 Å². The van der Waals surface area contributed by atoms with Gasteiger partial charge in [0.1, 0.15) is 0 Å². The van der Waals surface area contributed by atoms with Crippen molar-refractivity contribution >= 4 is 0 Å². The van der Waals surface area contributed by atoms with Gasteiger partial charge in [0.05, 0.1) is 11.8 Å². The molecule has 1 aliphatic rings. The SMILES string of the molecule is CC(C)(C)C1(CC#N)CCN(Cc2ccc(-c3ccccn3)cc2)CC1. The molecule has 0 N–H and O–H groups in total. The van der Waals surface area contributed by atoms with Crippen LogP contribution >= 0.6 is 0 Å². The summed E-state index contributed by atoms with van der Waals surface area (Å²) >= 11 is 0. The molecule has 3 nitrogen and oxygen atoms in total. The summed E-state index contributed by atoms with van der Waals surface area (Å²) in [5.41, 5.74) is 3.85. The number of nitrogens with zero attached hydrogens (tertiary/aromatic N) is 3. The number of hydrogen-bond acceptors (Lipinski definition) is 3. The monoisotopic (exact) mass is 347 g/mol. The quantitative estimate of drug-likeness (QED) is 0.754. The number of likely N-dealkylation sites (tertiary alicyclic amines) is 1. The van der Waals surface area contributed by atoms with Crippen LogP contribution in [-0.4, -0.2) is 23.0 Å². The van der Waals surface area contributed by atoms with Crippen molar-refractivity contribution < 1.29 is 0 Å². The fraction of sp³-hybridized carbons (Fsp3) is 0.478. The van der Waals surface area contributed by atoms with Crippen LogP contribution in [-0.2, 0) is 6.54 Å². The molecule has 3 heteroatoms. The Morgan fingerprint density at radius 2 is 1.77 bits per heavy atom. The third-order valence-corrected chi connectivity index (χ3v) is 6.14. The number of benzene rings is 1. The van der Waals surface area contributed by atoms with Gasteiger partial charge < -0.3 is 0 Å². The lowest BCUT2D eigenvalue weighted by Gasteiger charge is -2.49. The second kappa shape index (κ2) is 7.60. The highest BCUT2D eigenvalue weighted by Gasteiger charge is 2.43. The Balaban J connectivity index is 1.62. The number of hydrogen-bond donors (Lipinski definition) is 0. The van der Waals surface area contributed by atoms with Crippen molar-refractivity contribution in [1.29, 1.82) is 5.26 Å². The molecule has 3 rings (SSSR count). The molecule has 1 aliphatic heterocycles. The fourth-order valence-electron chi connectivity index (χ4n) is 4.06. The molecule has 1 aromatic heterocycles. The van der Waals surface area contributed by atoms with Crippen LogP contribution in [0.15, 0.2) is 48.7 Å². The highest BCUT2D eigenvalue weighted by molar-refractivity contribution is 5.58. The Kier molecular flexibility index (Phi) is 5.44. The van der Waals surface area contributed by atoms with E-state index in [9.17, 15) is 5.26 Å². The molecule has 0 radical (unpaired) electrons. The Hall–Kier alpha value is -2.18. The maximum Gasteiger partial charge on any atom is 0.0701 e. The van der Waals surface area contributed by atoms with Crippen molar-refractivity contribution in [2.75, 3.05) is 13.1 Å². The predicted octanol–water partition coefficient (Wildman–Crippen LogP) is 5.29. The van der Waals surface area contributed by atoms with E-state index in [1.54, 1.807) is 0 Å². The topological polar surface area (TPSA) is 39.9 Å². The summed E-state index contributed by atoms with van der Waals surface area (Å²) in [4.78, 5) is 6.94. The second-order valence-electron chi connectivity index (χ2n) is 8.55. The Morgan fingerprint density at radius 3 is 2.31 bits per heavy atom. The van der Waals surface area contributed by atoms with Gasteiger partial charge in [-0.25, -0.2) is 0 Å². The average Bonchev–Trinajstić information content (AvgIpc) is 2.64. The number of piperidine rings is 1. The van der Waals surface area contributed by atoms with Gasteiger partial charge in [-0.1, -0.05) is 51.1 Å². The van der Waals surface area contributed by atoms with Crippen molar-refractivity contribution in [3.8, 4) is 17.3 Å². The zero-order chi connectivity index (χ0) is 18.6. The van der Waals surface area contributed by atoms with Crippen LogP contribution in [0, 0.1) is 22.2 Å². The summed E-state index contributed by atoms with van der Waals surface area (Å²) in [6.07, 6.45) is 4.72. The molecule has 0 aliphatic carbocycles. The predicted molar refractivity (Wildman–Crippen MR) is 106 cm³/mol. The van der Waals surface area contributed by atoms with E-state index in [1.165, 1.54) is 5.56 Å². The maximum absolute atomic E-state index is 9.30. The second-order valence-corrected chi connectivity index (χ2v) is 8.55. The van der Waals surface area contributed by atoms with Gasteiger partial charge in [0.25, 0.3) is 0 Å². The molecule has 2 aromatic rings. The molecular weight excluding hydrogens is 318 g/mol. The third-order valence-electron chi connectivity index (χ3n) is 6.14. The smallest absolute Gasteiger partial charge is 0.0701 e.